The molecule has 0 bridgehead atoms. The zero-order valence-corrected chi connectivity index (χ0v) is 13.1. The second kappa shape index (κ2) is 6.53. The monoisotopic (exact) mass is 316 g/mol. The Balaban J connectivity index is 2.11. The van der Waals surface area contributed by atoms with E-state index in [2.05, 4.69) is 10.5 Å². The summed E-state index contributed by atoms with van der Waals surface area (Å²) in [5, 5.41) is 4.03. The lowest BCUT2D eigenvalue weighted by molar-refractivity contribution is 0.0955. The highest BCUT2D eigenvalue weighted by atomic mass is 32.2. The Morgan fingerprint density at radius 2 is 1.55 bits per heavy atom. The van der Waals surface area contributed by atoms with Crippen LogP contribution < -0.4 is 5.43 Å². The van der Waals surface area contributed by atoms with Crippen LogP contribution in [0.3, 0.4) is 0 Å². The molecule has 2 aromatic rings. The maximum atomic E-state index is 11.9. The van der Waals surface area contributed by atoms with E-state index >= 15 is 0 Å². The summed E-state index contributed by atoms with van der Waals surface area (Å²) in [5.74, 6) is -0.298. The van der Waals surface area contributed by atoms with Crippen molar-refractivity contribution in [1.29, 1.82) is 0 Å². The molecule has 0 saturated carbocycles. The molecule has 0 fully saturated rings. The molecule has 0 saturated heterocycles. The van der Waals surface area contributed by atoms with Gasteiger partial charge in [-0.2, -0.15) is 5.10 Å². The number of carbonyl (C=O) groups excluding carboxylic acids is 1. The number of nitrogens with zero attached hydrogens (tertiary/aromatic N) is 1. The number of benzene rings is 2. The van der Waals surface area contributed by atoms with Crippen LogP contribution in [0.5, 0.6) is 0 Å². The van der Waals surface area contributed by atoms with Crippen molar-refractivity contribution in [3.8, 4) is 0 Å². The molecule has 0 atom stereocenters. The number of nitrogens with one attached hydrogen (secondary N) is 1. The Morgan fingerprint density at radius 1 is 0.955 bits per heavy atom. The van der Waals surface area contributed by atoms with Crippen molar-refractivity contribution in [2.24, 2.45) is 5.10 Å². The molecule has 5 nitrogen and oxygen atoms in total. The van der Waals surface area contributed by atoms with E-state index in [1.807, 2.05) is 6.07 Å². The number of sulfone groups is 1. The lowest BCUT2D eigenvalue weighted by atomic mass is 10.1. The number of hydrogen-bond donors (Lipinski definition) is 1. The van der Waals surface area contributed by atoms with E-state index in [0.29, 0.717) is 11.3 Å². The fraction of sp³-hybridized carbons (Fsp3) is 0.125. The molecule has 0 heterocycles. The lowest BCUT2D eigenvalue weighted by Crippen LogP contribution is -2.19. The molecule has 0 aliphatic heterocycles. The summed E-state index contributed by atoms with van der Waals surface area (Å²) in [6.45, 7) is 1.74. The molecule has 0 aliphatic rings. The first-order valence-electron chi connectivity index (χ1n) is 6.58. The minimum absolute atomic E-state index is 0.248. The SMILES string of the molecule is C/C(=N/NC(=O)c1ccccc1)c1ccc(S(C)(=O)=O)cc1. The maximum Gasteiger partial charge on any atom is 0.271 e. The van der Waals surface area contributed by atoms with E-state index in [1.165, 1.54) is 12.1 Å². The van der Waals surface area contributed by atoms with Crippen LogP contribution in [0.4, 0.5) is 0 Å². The molecule has 22 heavy (non-hydrogen) atoms. The van der Waals surface area contributed by atoms with E-state index in [4.69, 9.17) is 0 Å². The van der Waals surface area contributed by atoms with Crippen LogP contribution in [-0.2, 0) is 9.84 Å². The van der Waals surface area contributed by atoms with Gasteiger partial charge in [0.05, 0.1) is 10.6 Å². The second-order valence-corrected chi connectivity index (χ2v) is 6.82. The average molecular weight is 316 g/mol. The van der Waals surface area contributed by atoms with Crippen LogP contribution in [0.25, 0.3) is 0 Å². The third kappa shape index (κ3) is 4.02. The summed E-state index contributed by atoms with van der Waals surface area (Å²) < 4.78 is 22.8. The largest absolute Gasteiger partial charge is 0.271 e. The first-order valence-corrected chi connectivity index (χ1v) is 8.47. The molecular formula is C16H16N2O3S. The predicted octanol–water partition coefficient (Wildman–Crippen LogP) is 2.24. The van der Waals surface area contributed by atoms with Gasteiger partial charge in [-0.15, -0.1) is 0 Å². The van der Waals surface area contributed by atoms with Crippen molar-refractivity contribution in [2.75, 3.05) is 6.26 Å². The highest BCUT2D eigenvalue weighted by molar-refractivity contribution is 7.90. The fourth-order valence-corrected chi connectivity index (χ4v) is 2.43. The first kappa shape index (κ1) is 15.9. The van der Waals surface area contributed by atoms with Gasteiger partial charge in [-0.25, -0.2) is 13.8 Å². The van der Waals surface area contributed by atoms with Crippen molar-refractivity contribution < 1.29 is 13.2 Å². The third-order valence-corrected chi connectivity index (χ3v) is 4.19. The van der Waals surface area contributed by atoms with Gasteiger partial charge in [-0.1, -0.05) is 30.3 Å². The van der Waals surface area contributed by atoms with Gasteiger partial charge in [0.2, 0.25) is 0 Å². The summed E-state index contributed by atoms with van der Waals surface area (Å²) in [5.41, 5.74) is 4.32. The van der Waals surface area contributed by atoms with Crippen LogP contribution in [0.15, 0.2) is 64.6 Å². The van der Waals surface area contributed by atoms with Crippen LogP contribution in [0.2, 0.25) is 0 Å². The zero-order chi connectivity index (χ0) is 16.2. The van der Waals surface area contributed by atoms with Gasteiger partial charge in [-0.05, 0) is 36.8 Å². The Labute approximate surface area is 129 Å². The normalized spacial score (nSPS) is 12.0. The van der Waals surface area contributed by atoms with E-state index in [0.717, 1.165) is 11.8 Å². The number of amides is 1. The van der Waals surface area contributed by atoms with Gasteiger partial charge in [0.1, 0.15) is 0 Å². The summed E-state index contributed by atoms with van der Waals surface area (Å²) in [4.78, 5) is 12.1. The van der Waals surface area contributed by atoms with Gasteiger partial charge in [0.15, 0.2) is 9.84 Å². The number of hydrazone groups is 1. The molecule has 114 valence electrons. The molecule has 1 N–H and O–H groups in total. The Morgan fingerprint density at radius 3 is 2.09 bits per heavy atom. The van der Waals surface area contributed by atoms with Crippen LogP contribution in [-0.4, -0.2) is 26.3 Å². The Kier molecular flexibility index (Phi) is 4.72. The molecule has 0 aliphatic carbocycles. The van der Waals surface area contributed by atoms with Crippen LogP contribution in [0, 0.1) is 0 Å². The molecular weight excluding hydrogens is 300 g/mol. The summed E-state index contributed by atoms with van der Waals surface area (Å²) >= 11 is 0. The Hall–Kier alpha value is -2.47. The van der Waals surface area contributed by atoms with E-state index < -0.39 is 9.84 Å². The first-order chi connectivity index (χ1) is 10.4. The summed E-state index contributed by atoms with van der Waals surface area (Å²) in [6, 6.07) is 15.1. The predicted molar refractivity (Wildman–Crippen MR) is 85.7 cm³/mol. The molecule has 2 rings (SSSR count). The zero-order valence-electron chi connectivity index (χ0n) is 12.3. The molecule has 0 unspecified atom stereocenters. The van der Waals surface area contributed by atoms with Gasteiger partial charge in [0, 0.05) is 11.8 Å². The van der Waals surface area contributed by atoms with Gasteiger partial charge >= 0.3 is 0 Å². The number of carbonyl (C=O) groups is 1. The molecule has 1 amide bonds. The van der Waals surface area contributed by atoms with E-state index in [9.17, 15) is 13.2 Å². The molecule has 0 spiro atoms. The standard InChI is InChI=1S/C16H16N2O3S/c1-12(13-8-10-15(11-9-13)22(2,20)21)17-18-16(19)14-6-4-3-5-7-14/h3-11H,1-2H3,(H,18,19)/b17-12-. The minimum Gasteiger partial charge on any atom is -0.267 e. The van der Waals surface area contributed by atoms with Gasteiger partial charge < -0.3 is 0 Å². The quantitative estimate of drug-likeness (QED) is 0.694. The highest BCUT2D eigenvalue weighted by Gasteiger charge is 2.07. The second-order valence-electron chi connectivity index (χ2n) is 4.80. The van der Waals surface area contributed by atoms with Crippen molar-refractivity contribution >= 4 is 21.5 Å². The van der Waals surface area contributed by atoms with Crippen LogP contribution >= 0.6 is 0 Å². The summed E-state index contributed by atoms with van der Waals surface area (Å²) in [7, 11) is -3.22. The van der Waals surface area contributed by atoms with Crippen molar-refractivity contribution in [3.63, 3.8) is 0 Å². The average Bonchev–Trinajstić information content (AvgIpc) is 2.52. The maximum absolute atomic E-state index is 11.9. The van der Waals surface area contributed by atoms with Gasteiger partial charge in [0.25, 0.3) is 5.91 Å². The third-order valence-electron chi connectivity index (χ3n) is 3.06. The van der Waals surface area contributed by atoms with Gasteiger partial charge in [-0.3, -0.25) is 4.79 Å². The highest BCUT2D eigenvalue weighted by Crippen LogP contribution is 2.11. The molecule has 6 heteroatoms. The van der Waals surface area contributed by atoms with E-state index in [1.54, 1.807) is 43.3 Å². The summed E-state index contributed by atoms with van der Waals surface area (Å²) in [6.07, 6.45) is 1.16. The van der Waals surface area contributed by atoms with Crippen molar-refractivity contribution in [1.82, 2.24) is 5.43 Å². The molecule has 0 radical (unpaired) electrons. The number of hydrogen-bond acceptors (Lipinski definition) is 4. The Bertz CT molecular complexity index is 795. The molecule has 2 aromatic carbocycles. The van der Waals surface area contributed by atoms with Crippen LogP contribution in [0.1, 0.15) is 22.8 Å². The number of rotatable bonds is 4. The topological polar surface area (TPSA) is 75.6 Å². The lowest BCUT2D eigenvalue weighted by Gasteiger charge is -2.04. The fourth-order valence-electron chi connectivity index (χ4n) is 1.80. The van der Waals surface area contributed by atoms with Crippen molar-refractivity contribution in [2.45, 2.75) is 11.8 Å². The minimum atomic E-state index is -3.22. The van der Waals surface area contributed by atoms with E-state index in [-0.39, 0.29) is 10.8 Å². The van der Waals surface area contributed by atoms with Crippen molar-refractivity contribution in [3.05, 3.63) is 65.7 Å². The molecule has 0 aromatic heterocycles. The smallest absolute Gasteiger partial charge is 0.267 e.